The molecule has 122 valence electrons. The van der Waals surface area contributed by atoms with Crippen molar-refractivity contribution in [1.82, 2.24) is 20.0 Å². The Bertz CT molecular complexity index is 659. The second-order valence-electron chi connectivity index (χ2n) is 6.38. The molecule has 5 nitrogen and oxygen atoms in total. The van der Waals surface area contributed by atoms with Gasteiger partial charge in [0.15, 0.2) is 0 Å². The number of piperidine rings is 1. The van der Waals surface area contributed by atoms with Crippen LogP contribution in [-0.4, -0.2) is 40.7 Å². The lowest BCUT2D eigenvalue weighted by Crippen LogP contribution is -2.54. The number of hydrogen-bond donors (Lipinski definition) is 1. The van der Waals surface area contributed by atoms with Crippen LogP contribution in [0.25, 0.3) is 0 Å². The maximum atomic E-state index is 13.2. The van der Waals surface area contributed by atoms with Crippen molar-refractivity contribution < 1.29 is 4.79 Å². The molecule has 0 saturated carbocycles. The summed E-state index contributed by atoms with van der Waals surface area (Å²) in [5.74, 6) is 0.143. The molecule has 1 aliphatic rings. The lowest BCUT2D eigenvalue weighted by molar-refractivity contribution is -0.142. The zero-order valence-corrected chi connectivity index (χ0v) is 13.8. The van der Waals surface area contributed by atoms with Crippen LogP contribution >= 0.6 is 0 Å². The molecule has 0 spiro atoms. The molecule has 0 unspecified atom stereocenters. The highest BCUT2D eigenvalue weighted by atomic mass is 16.2. The molecule has 1 aromatic carbocycles. The van der Waals surface area contributed by atoms with E-state index in [4.69, 9.17) is 0 Å². The Morgan fingerprint density at radius 2 is 2.13 bits per heavy atom. The van der Waals surface area contributed by atoms with Crippen LogP contribution in [0.15, 0.2) is 42.7 Å². The van der Waals surface area contributed by atoms with E-state index < -0.39 is 5.54 Å². The molecule has 0 aliphatic carbocycles. The van der Waals surface area contributed by atoms with E-state index in [9.17, 15) is 4.79 Å². The summed E-state index contributed by atoms with van der Waals surface area (Å²) in [5.41, 5.74) is 1.81. The number of nitrogens with zero attached hydrogens (tertiary/aromatic N) is 3. The maximum absolute atomic E-state index is 13.2. The molecule has 5 heteroatoms. The van der Waals surface area contributed by atoms with E-state index in [1.54, 1.807) is 6.20 Å². The number of rotatable bonds is 4. The highest BCUT2D eigenvalue weighted by Crippen LogP contribution is 2.29. The summed E-state index contributed by atoms with van der Waals surface area (Å²) in [5, 5.41) is 7.72. The zero-order valence-electron chi connectivity index (χ0n) is 13.8. The fraction of sp³-hybridized carbons (Fsp3) is 0.444. The smallest absolute Gasteiger partial charge is 0.250 e. The number of hydrogen-bond acceptors (Lipinski definition) is 3. The van der Waals surface area contributed by atoms with Gasteiger partial charge >= 0.3 is 0 Å². The van der Waals surface area contributed by atoms with Gasteiger partial charge in [0.2, 0.25) is 0 Å². The SMILES string of the molecule is Cc1cccc(CN(C)C(=O)C2(n3cccn3)CCNCC2)c1. The van der Waals surface area contributed by atoms with Gasteiger partial charge in [0, 0.05) is 26.0 Å². The van der Waals surface area contributed by atoms with Gasteiger partial charge in [-0.05, 0) is 44.5 Å². The van der Waals surface area contributed by atoms with E-state index in [0.29, 0.717) is 6.54 Å². The average molecular weight is 312 g/mol. The predicted octanol–water partition coefficient (Wildman–Crippen LogP) is 1.93. The molecule has 1 aromatic heterocycles. The maximum Gasteiger partial charge on any atom is 0.250 e. The van der Waals surface area contributed by atoms with E-state index in [2.05, 4.69) is 35.5 Å². The number of benzene rings is 1. The van der Waals surface area contributed by atoms with Crippen molar-refractivity contribution in [2.45, 2.75) is 31.8 Å². The second kappa shape index (κ2) is 6.54. The molecular formula is C18H24N4O. The van der Waals surface area contributed by atoms with Gasteiger partial charge in [-0.15, -0.1) is 0 Å². The van der Waals surface area contributed by atoms with Crippen LogP contribution in [0, 0.1) is 6.92 Å². The molecule has 3 rings (SSSR count). The van der Waals surface area contributed by atoms with Crippen molar-refractivity contribution >= 4 is 5.91 Å². The highest BCUT2D eigenvalue weighted by Gasteiger charge is 2.43. The van der Waals surface area contributed by atoms with Crippen LogP contribution in [0.3, 0.4) is 0 Å². The summed E-state index contributed by atoms with van der Waals surface area (Å²) in [4.78, 5) is 15.1. The van der Waals surface area contributed by atoms with Crippen molar-refractivity contribution in [3.05, 3.63) is 53.9 Å². The monoisotopic (exact) mass is 312 g/mol. The molecule has 0 atom stereocenters. The van der Waals surface area contributed by atoms with Gasteiger partial charge in [0.25, 0.3) is 5.91 Å². The lowest BCUT2D eigenvalue weighted by atomic mass is 9.86. The fourth-order valence-electron chi connectivity index (χ4n) is 3.41. The molecule has 1 amide bonds. The Hall–Kier alpha value is -2.14. The van der Waals surface area contributed by atoms with Crippen LogP contribution in [0.4, 0.5) is 0 Å². The number of aromatic nitrogens is 2. The van der Waals surface area contributed by atoms with Gasteiger partial charge in [-0.3, -0.25) is 9.48 Å². The van der Waals surface area contributed by atoms with Crippen molar-refractivity contribution in [2.24, 2.45) is 0 Å². The average Bonchev–Trinajstić information content (AvgIpc) is 3.10. The largest absolute Gasteiger partial charge is 0.339 e. The first kappa shape index (κ1) is 15.7. The summed E-state index contributed by atoms with van der Waals surface area (Å²) in [7, 11) is 1.89. The number of amides is 1. The molecule has 1 fully saturated rings. The molecule has 1 saturated heterocycles. The Balaban J connectivity index is 1.83. The van der Waals surface area contributed by atoms with Gasteiger partial charge in [0.1, 0.15) is 5.54 Å². The summed E-state index contributed by atoms with van der Waals surface area (Å²) < 4.78 is 1.85. The summed E-state index contributed by atoms with van der Waals surface area (Å²) in [6.07, 6.45) is 5.19. The number of aryl methyl sites for hydroxylation is 1. The van der Waals surface area contributed by atoms with Gasteiger partial charge < -0.3 is 10.2 Å². The molecule has 1 aliphatic heterocycles. The number of likely N-dealkylation sites (N-methyl/N-ethyl adjacent to an activating group) is 1. The predicted molar refractivity (Wildman–Crippen MR) is 90.0 cm³/mol. The van der Waals surface area contributed by atoms with Gasteiger partial charge in [-0.25, -0.2) is 0 Å². The minimum absolute atomic E-state index is 0.143. The number of carbonyl (C=O) groups is 1. The van der Waals surface area contributed by atoms with E-state index in [1.165, 1.54) is 5.56 Å². The van der Waals surface area contributed by atoms with Crippen LogP contribution < -0.4 is 5.32 Å². The van der Waals surface area contributed by atoms with Crippen molar-refractivity contribution in [2.75, 3.05) is 20.1 Å². The molecule has 2 aromatic rings. The first-order chi connectivity index (χ1) is 11.1. The van der Waals surface area contributed by atoms with Crippen LogP contribution in [0.1, 0.15) is 24.0 Å². The van der Waals surface area contributed by atoms with Crippen LogP contribution in [0.5, 0.6) is 0 Å². The fourth-order valence-corrected chi connectivity index (χ4v) is 3.41. The first-order valence-electron chi connectivity index (χ1n) is 8.14. The summed E-state index contributed by atoms with van der Waals surface area (Å²) in [6.45, 7) is 4.37. The van der Waals surface area contributed by atoms with Gasteiger partial charge in [-0.1, -0.05) is 29.8 Å². The van der Waals surface area contributed by atoms with Crippen LogP contribution in [-0.2, 0) is 16.9 Å². The number of carbonyl (C=O) groups excluding carboxylic acids is 1. The van der Waals surface area contributed by atoms with E-state index >= 15 is 0 Å². The number of nitrogens with one attached hydrogen (secondary N) is 1. The zero-order chi connectivity index (χ0) is 16.3. The normalized spacial score (nSPS) is 17.0. The topological polar surface area (TPSA) is 50.2 Å². The molecule has 23 heavy (non-hydrogen) atoms. The van der Waals surface area contributed by atoms with E-state index in [0.717, 1.165) is 31.5 Å². The molecular weight excluding hydrogens is 288 g/mol. The second-order valence-corrected chi connectivity index (χ2v) is 6.38. The highest BCUT2D eigenvalue weighted by molar-refractivity contribution is 5.84. The Morgan fingerprint density at radius 3 is 2.78 bits per heavy atom. The summed E-state index contributed by atoms with van der Waals surface area (Å²) in [6, 6.07) is 10.2. The lowest BCUT2D eigenvalue weighted by Gasteiger charge is -2.39. The standard InChI is InChI=1S/C18H24N4O/c1-15-5-3-6-16(13-15)14-21(2)17(23)18(7-10-19-11-8-18)22-12-4-9-20-22/h3-6,9,12-13,19H,7-8,10-11,14H2,1-2H3. The Morgan fingerprint density at radius 1 is 1.35 bits per heavy atom. The van der Waals surface area contributed by atoms with Crippen molar-refractivity contribution in [3.63, 3.8) is 0 Å². The van der Waals surface area contributed by atoms with Crippen molar-refractivity contribution in [3.8, 4) is 0 Å². The minimum Gasteiger partial charge on any atom is -0.339 e. The van der Waals surface area contributed by atoms with E-state index in [-0.39, 0.29) is 5.91 Å². The minimum atomic E-state index is -0.562. The molecule has 2 heterocycles. The molecule has 0 bridgehead atoms. The Labute approximate surface area is 137 Å². The third kappa shape index (κ3) is 3.15. The van der Waals surface area contributed by atoms with Crippen LogP contribution in [0.2, 0.25) is 0 Å². The van der Waals surface area contributed by atoms with Gasteiger partial charge in [-0.2, -0.15) is 5.10 Å². The summed E-state index contributed by atoms with van der Waals surface area (Å²) >= 11 is 0. The van der Waals surface area contributed by atoms with Crippen molar-refractivity contribution in [1.29, 1.82) is 0 Å². The molecule has 1 N–H and O–H groups in total. The van der Waals surface area contributed by atoms with E-state index in [1.807, 2.05) is 35.0 Å². The Kier molecular flexibility index (Phi) is 4.48. The third-order valence-electron chi connectivity index (χ3n) is 4.62. The quantitative estimate of drug-likeness (QED) is 0.938. The van der Waals surface area contributed by atoms with Gasteiger partial charge in [0.05, 0.1) is 0 Å². The molecule has 0 radical (unpaired) electrons. The third-order valence-corrected chi connectivity index (χ3v) is 4.62. The first-order valence-corrected chi connectivity index (χ1v) is 8.14.